The van der Waals surface area contributed by atoms with Crippen molar-refractivity contribution in [1.82, 2.24) is 0 Å². The Kier molecular flexibility index (Phi) is 5.90. The highest BCUT2D eigenvalue weighted by molar-refractivity contribution is 6.04. The lowest BCUT2D eigenvalue weighted by molar-refractivity contribution is -0.892. The molecule has 2 aliphatic rings. The number of fused-ring (bicyclic) bond motifs is 1. The van der Waals surface area contributed by atoms with Gasteiger partial charge in [0.2, 0.25) is 5.91 Å². The highest BCUT2D eigenvalue weighted by Gasteiger charge is 2.32. The summed E-state index contributed by atoms with van der Waals surface area (Å²) in [4.78, 5) is 30.8. The van der Waals surface area contributed by atoms with Crippen LogP contribution in [0.5, 0.6) is 5.75 Å². The summed E-state index contributed by atoms with van der Waals surface area (Å²) in [5.41, 5.74) is 2.59. The van der Waals surface area contributed by atoms with Gasteiger partial charge in [0.1, 0.15) is 5.75 Å². The number of hydrogen-bond acceptors (Lipinski definition) is 4. The molecule has 2 N–H and O–H groups in total. The second-order valence-electron chi connectivity index (χ2n) is 7.97. The molecule has 0 aromatic heterocycles. The molecule has 2 heterocycles. The second kappa shape index (κ2) is 8.75. The van der Waals surface area contributed by atoms with E-state index in [1.165, 1.54) is 4.90 Å². The molecule has 4 rings (SSSR count). The minimum Gasteiger partial charge on any atom is -0.495 e. The van der Waals surface area contributed by atoms with Crippen molar-refractivity contribution in [3.05, 3.63) is 48.5 Å². The average molecular weight is 410 g/mol. The van der Waals surface area contributed by atoms with Crippen LogP contribution in [-0.2, 0) is 9.59 Å². The first-order chi connectivity index (χ1) is 14.6. The molecule has 7 heteroatoms. The smallest absolute Gasteiger partial charge is 0.282 e. The van der Waals surface area contributed by atoms with Gasteiger partial charge in [-0.15, -0.1) is 0 Å². The van der Waals surface area contributed by atoms with E-state index < -0.39 is 0 Å². The van der Waals surface area contributed by atoms with Crippen molar-refractivity contribution in [3.63, 3.8) is 0 Å². The number of benzene rings is 2. The molecule has 0 bridgehead atoms. The quantitative estimate of drug-likeness (QED) is 0.796. The van der Waals surface area contributed by atoms with Crippen LogP contribution < -0.4 is 24.8 Å². The Morgan fingerprint density at radius 1 is 1.10 bits per heavy atom. The summed E-state index contributed by atoms with van der Waals surface area (Å²) >= 11 is 0. The molecular weight excluding hydrogens is 380 g/mol. The highest BCUT2D eigenvalue weighted by Crippen LogP contribution is 2.31. The minimum atomic E-state index is -0.171. The lowest BCUT2D eigenvalue weighted by Crippen LogP contribution is -3.16. The summed E-state index contributed by atoms with van der Waals surface area (Å²) in [7, 11) is 1.69. The van der Waals surface area contributed by atoms with Gasteiger partial charge in [-0.3, -0.25) is 9.59 Å². The molecule has 0 radical (unpaired) electrons. The standard InChI is InChI=1S/C23H28N4O3/c1-17-15-22(28)24-18-7-3-4-8-19(18)27(17)23(29)16-25-11-13-26(14-12-25)20-9-5-6-10-21(20)30-2/h3-10,17H,11-16H2,1-2H3,(H,24,28)/p+1/t17-/m0/s1. The second-order valence-corrected chi connectivity index (χ2v) is 7.97. The number of nitrogens with one attached hydrogen (secondary N) is 2. The number of piperazine rings is 1. The van der Waals surface area contributed by atoms with Crippen LogP contribution in [0.25, 0.3) is 0 Å². The van der Waals surface area contributed by atoms with Crippen LogP contribution >= 0.6 is 0 Å². The first kappa shape index (κ1) is 20.2. The SMILES string of the molecule is COc1ccccc1N1CC[NH+](CC(=O)N2c3ccccc3NC(=O)C[C@@H]2C)CC1. The number of para-hydroxylation sites is 4. The zero-order valence-electron chi connectivity index (χ0n) is 17.6. The Morgan fingerprint density at radius 3 is 2.50 bits per heavy atom. The minimum absolute atomic E-state index is 0.0528. The van der Waals surface area contributed by atoms with Gasteiger partial charge >= 0.3 is 0 Å². The number of hydrogen-bond donors (Lipinski definition) is 2. The van der Waals surface area contributed by atoms with E-state index in [-0.39, 0.29) is 17.9 Å². The lowest BCUT2D eigenvalue weighted by Gasteiger charge is -2.35. The van der Waals surface area contributed by atoms with Crippen molar-refractivity contribution in [1.29, 1.82) is 0 Å². The fourth-order valence-corrected chi connectivity index (χ4v) is 4.40. The summed E-state index contributed by atoms with van der Waals surface area (Å²) in [6.07, 6.45) is 0.303. The van der Waals surface area contributed by atoms with Gasteiger partial charge in [-0.25, -0.2) is 0 Å². The molecule has 7 nitrogen and oxygen atoms in total. The van der Waals surface area contributed by atoms with Crippen molar-refractivity contribution in [3.8, 4) is 5.75 Å². The van der Waals surface area contributed by atoms with E-state index in [2.05, 4.69) is 16.3 Å². The van der Waals surface area contributed by atoms with Crippen molar-refractivity contribution >= 4 is 28.9 Å². The van der Waals surface area contributed by atoms with E-state index in [0.29, 0.717) is 18.7 Å². The number of nitrogens with zero attached hydrogens (tertiary/aromatic N) is 2. The highest BCUT2D eigenvalue weighted by atomic mass is 16.5. The van der Waals surface area contributed by atoms with Crippen molar-refractivity contribution in [2.75, 3.05) is 55.0 Å². The zero-order chi connectivity index (χ0) is 21.1. The number of carbonyl (C=O) groups is 2. The molecule has 1 saturated heterocycles. The Bertz CT molecular complexity index is 924. The molecule has 30 heavy (non-hydrogen) atoms. The molecule has 2 aliphatic heterocycles. The molecule has 2 aromatic rings. The van der Waals surface area contributed by atoms with Gasteiger partial charge in [-0.05, 0) is 31.2 Å². The Hall–Kier alpha value is -3.06. The van der Waals surface area contributed by atoms with Gasteiger partial charge < -0.3 is 24.8 Å². The number of rotatable bonds is 4. The predicted octanol–water partition coefficient (Wildman–Crippen LogP) is 1.16. The van der Waals surface area contributed by atoms with Crippen LogP contribution in [0.3, 0.4) is 0 Å². The van der Waals surface area contributed by atoms with E-state index in [1.54, 1.807) is 12.0 Å². The van der Waals surface area contributed by atoms with Crippen molar-refractivity contribution < 1.29 is 19.2 Å². The lowest BCUT2D eigenvalue weighted by atomic mass is 10.1. The van der Waals surface area contributed by atoms with Crippen molar-refractivity contribution in [2.45, 2.75) is 19.4 Å². The van der Waals surface area contributed by atoms with Crippen LogP contribution in [0.1, 0.15) is 13.3 Å². The van der Waals surface area contributed by atoms with Gasteiger partial charge in [-0.2, -0.15) is 0 Å². The number of amides is 2. The number of quaternary nitrogens is 1. The Morgan fingerprint density at radius 2 is 1.77 bits per heavy atom. The molecule has 158 valence electrons. The third-order valence-corrected chi connectivity index (χ3v) is 5.93. The number of carbonyl (C=O) groups excluding carboxylic acids is 2. The molecule has 0 aliphatic carbocycles. The zero-order valence-corrected chi connectivity index (χ0v) is 17.6. The monoisotopic (exact) mass is 409 g/mol. The molecule has 0 saturated carbocycles. The van der Waals surface area contributed by atoms with E-state index in [0.717, 1.165) is 43.3 Å². The average Bonchev–Trinajstić information content (AvgIpc) is 2.88. The fraction of sp³-hybridized carbons (Fsp3) is 0.391. The van der Waals surface area contributed by atoms with E-state index >= 15 is 0 Å². The van der Waals surface area contributed by atoms with Crippen molar-refractivity contribution in [2.24, 2.45) is 0 Å². The topological polar surface area (TPSA) is 66.3 Å². The van der Waals surface area contributed by atoms with E-state index in [4.69, 9.17) is 4.74 Å². The molecule has 0 unspecified atom stereocenters. The maximum atomic E-state index is 13.3. The number of methoxy groups -OCH3 is 1. The molecule has 2 amide bonds. The van der Waals surface area contributed by atoms with Crippen LogP contribution in [0.2, 0.25) is 0 Å². The number of anilines is 3. The fourth-order valence-electron chi connectivity index (χ4n) is 4.40. The van der Waals surface area contributed by atoms with Gasteiger partial charge in [0.15, 0.2) is 6.54 Å². The van der Waals surface area contributed by atoms with E-state index in [1.807, 2.05) is 49.4 Å². The molecule has 1 atom stereocenters. The summed E-state index contributed by atoms with van der Waals surface area (Å²) < 4.78 is 5.49. The third-order valence-electron chi connectivity index (χ3n) is 5.93. The summed E-state index contributed by atoms with van der Waals surface area (Å²) in [6.45, 7) is 5.86. The van der Waals surface area contributed by atoms with Crippen LogP contribution in [0.4, 0.5) is 17.1 Å². The molecular formula is C23H29N4O3+. The number of ether oxygens (including phenoxy) is 1. The van der Waals surface area contributed by atoms with Gasteiger partial charge in [0.25, 0.3) is 5.91 Å². The van der Waals surface area contributed by atoms with Gasteiger partial charge in [-0.1, -0.05) is 24.3 Å². The normalized spacial score (nSPS) is 19.7. The Labute approximate surface area is 177 Å². The first-order valence-corrected chi connectivity index (χ1v) is 10.5. The largest absolute Gasteiger partial charge is 0.495 e. The maximum Gasteiger partial charge on any atom is 0.282 e. The molecule has 1 fully saturated rings. The van der Waals surface area contributed by atoms with Crippen LogP contribution in [0.15, 0.2) is 48.5 Å². The summed E-state index contributed by atoms with van der Waals surface area (Å²) in [5, 5.41) is 2.92. The Balaban J connectivity index is 1.43. The first-order valence-electron chi connectivity index (χ1n) is 10.5. The molecule has 2 aromatic carbocycles. The summed E-state index contributed by atoms with van der Waals surface area (Å²) in [6, 6.07) is 15.4. The summed E-state index contributed by atoms with van der Waals surface area (Å²) in [5.74, 6) is 0.888. The van der Waals surface area contributed by atoms with E-state index in [9.17, 15) is 9.59 Å². The molecule has 0 spiro atoms. The third kappa shape index (κ3) is 4.11. The van der Waals surface area contributed by atoms with Gasteiger partial charge in [0, 0.05) is 12.5 Å². The predicted molar refractivity (Wildman–Crippen MR) is 117 cm³/mol. The van der Waals surface area contributed by atoms with Gasteiger partial charge in [0.05, 0.1) is 50.4 Å². The van der Waals surface area contributed by atoms with Crippen LogP contribution in [0, 0.1) is 0 Å². The maximum absolute atomic E-state index is 13.3. The van der Waals surface area contributed by atoms with Crippen LogP contribution in [-0.4, -0.2) is 57.7 Å².